The highest BCUT2D eigenvalue weighted by atomic mass is 32.2. The second-order valence-electron chi connectivity index (χ2n) is 6.38. The lowest BCUT2D eigenvalue weighted by Crippen LogP contribution is -2.32. The molecule has 1 unspecified atom stereocenters. The molecule has 0 spiro atoms. The van der Waals surface area contributed by atoms with E-state index < -0.39 is 37.8 Å². The van der Waals surface area contributed by atoms with Gasteiger partial charge >= 0.3 is 5.97 Å². The van der Waals surface area contributed by atoms with Gasteiger partial charge in [-0.15, -0.1) is 5.06 Å². The number of nitrogens with zero attached hydrogens (tertiary/aromatic N) is 1. The molecule has 0 aromatic rings. The third-order valence-electron chi connectivity index (χ3n) is 3.74. The average molecular weight is 444 g/mol. The molecule has 1 rings (SSSR count). The highest BCUT2D eigenvalue weighted by Crippen LogP contribution is 2.16. The molecule has 0 radical (unpaired) electrons. The summed E-state index contributed by atoms with van der Waals surface area (Å²) in [6.45, 7) is 0.235. The first-order valence-electron chi connectivity index (χ1n) is 8.33. The highest BCUT2D eigenvalue weighted by molar-refractivity contribution is 7.89. The van der Waals surface area contributed by atoms with E-state index in [1.807, 2.05) is 0 Å². The first-order valence-corrected chi connectivity index (χ1v) is 12.1. The third kappa shape index (κ3) is 11.3. The van der Waals surface area contributed by atoms with Crippen LogP contribution in [-0.4, -0.2) is 65.3 Å². The first kappa shape index (κ1) is 26.4. The number of hydroxylamine groups is 2. The van der Waals surface area contributed by atoms with Crippen LogP contribution in [0.5, 0.6) is 0 Å². The van der Waals surface area contributed by atoms with Crippen molar-refractivity contribution in [2.45, 2.75) is 46.0 Å². The smallest absolute Gasteiger partial charge is 0.330 e. The van der Waals surface area contributed by atoms with Gasteiger partial charge in [0.05, 0.1) is 12.5 Å². The Hall–Kier alpha value is -1.57. The molecular weight excluding hydrogens is 414 g/mol. The highest BCUT2D eigenvalue weighted by Gasteiger charge is 2.32. The van der Waals surface area contributed by atoms with Gasteiger partial charge in [0.2, 0.25) is 20.0 Å². The van der Waals surface area contributed by atoms with Crippen LogP contribution in [0.15, 0.2) is 0 Å². The van der Waals surface area contributed by atoms with Crippen LogP contribution in [0.4, 0.5) is 0 Å². The summed E-state index contributed by atoms with van der Waals surface area (Å²) in [5.41, 5.74) is 0. The van der Waals surface area contributed by atoms with Gasteiger partial charge in [0, 0.05) is 32.4 Å². The monoisotopic (exact) mass is 443 g/mol. The molecule has 2 N–H and O–H groups in total. The zero-order chi connectivity index (χ0) is 20.7. The van der Waals surface area contributed by atoms with Gasteiger partial charge in [-0.2, -0.15) is 0 Å². The fourth-order valence-electron chi connectivity index (χ4n) is 2.41. The van der Waals surface area contributed by atoms with Crippen molar-refractivity contribution in [2.75, 3.05) is 25.6 Å². The standard InChI is InChI=1S/C14H25N3O8S2.CH4/c1-26(21,22)15-9-8-11(10-16-27(2,23)24)4-3-5-14(20)25-17-12(18)6-7-13(17)19;/h11,15-16H,3-10H2,1-2H3;1H4. The maximum Gasteiger partial charge on any atom is 0.333 e. The lowest BCUT2D eigenvalue weighted by molar-refractivity contribution is -0.197. The zero-order valence-electron chi connectivity index (χ0n) is 15.3. The molecule has 1 saturated heterocycles. The van der Waals surface area contributed by atoms with Crippen molar-refractivity contribution in [3.63, 3.8) is 0 Å². The number of nitrogens with one attached hydrogen (secondary N) is 2. The van der Waals surface area contributed by atoms with Crippen molar-refractivity contribution in [3.05, 3.63) is 0 Å². The summed E-state index contributed by atoms with van der Waals surface area (Å²) >= 11 is 0. The van der Waals surface area contributed by atoms with Gasteiger partial charge in [-0.1, -0.05) is 7.43 Å². The number of amides is 2. The minimum Gasteiger partial charge on any atom is -0.330 e. The lowest BCUT2D eigenvalue weighted by atomic mass is 9.99. The van der Waals surface area contributed by atoms with Crippen molar-refractivity contribution in [2.24, 2.45) is 5.92 Å². The Morgan fingerprint density at radius 3 is 2.07 bits per heavy atom. The van der Waals surface area contributed by atoms with Crippen LogP contribution in [0.2, 0.25) is 0 Å². The molecule has 0 aromatic heterocycles. The van der Waals surface area contributed by atoms with Gasteiger partial charge in [0.15, 0.2) is 0 Å². The molecule has 13 heteroatoms. The number of carbonyl (C=O) groups excluding carboxylic acids is 3. The number of sulfonamides is 2. The topological polar surface area (TPSA) is 156 Å². The van der Waals surface area contributed by atoms with E-state index in [1.165, 1.54) is 0 Å². The molecule has 1 fully saturated rings. The van der Waals surface area contributed by atoms with Gasteiger partial charge in [0.25, 0.3) is 11.8 Å². The lowest BCUT2D eigenvalue weighted by Gasteiger charge is -2.17. The normalized spacial score (nSPS) is 16.0. The Balaban J connectivity index is 0.00000729. The summed E-state index contributed by atoms with van der Waals surface area (Å²) in [5.74, 6) is -2.06. The second kappa shape index (κ2) is 11.4. The largest absolute Gasteiger partial charge is 0.333 e. The van der Waals surface area contributed by atoms with Gasteiger partial charge in [-0.05, 0) is 25.2 Å². The summed E-state index contributed by atoms with van der Waals surface area (Å²) in [6.07, 6.45) is 3.11. The summed E-state index contributed by atoms with van der Waals surface area (Å²) < 4.78 is 49.4. The summed E-state index contributed by atoms with van der Waals surface area (Å²) in [4.78, 5) is 39.3. The predicted octanol–water partition coefficient (Wildman–Crippen LogP) is -0.495. The molecule has 1 atom stereocenters. The van der Waals surface area contributed by atoms with E-state index in [1.54, 1.807) is 0 Å². The summed E-state index contributed by atoms with van der Waals surface area (Å²) in [6, 6.07) is 0. The molecule has 0 aromatic carbocycles. The molecule has 1 aliphatic heterocycles. The zero-order valence-corrected chi connectivity index (χ0v) is 16.9. The van der Waals surface area contributed by atoms with E-state index >= 15 is 0 Å². The van der Waals surface area contributed by atoms with E-state index in [2.05, 4.69) is 9.44 Å². The Labute approximate surface area is 166 Å². The maximum absolute atomic E-state index is 11.8. The van der Waals surface area contributed by atoms with Gasteiger partial charge in [-0.3, -0.25) is 9.59 Å². The average Bonchev–Trinajstić information content (AvgIpc) is 2.82. The van der Waals surface area contributed by atoms with Crippen LogP contribution >= 0.6 is 0 Å². The third-order valence-corrected chi connectivity index (χ3v) is 5.16. The van der Waals surface area contributed by atoms with Gasteiger partial charge in [-0.25, -0.2) is 31.1 Å². The maximum atomic E-state index is 11.8. The molecule has 0 bridgehead atoms. The van der Waals surface area contributed by atoms with Crippen molar-refractivity contribution in [1.82, 2.24) is 14.5 Å². The molecule has 1 heterocycles. The van der Waals surface area contributed by atoms with Gasteiger partial charge < -0.3 is 4.84 Å². The second-order valence-corrected chi connectivity index (χ2v) is 10.0. The van der Waals surface area contributed by atoms with Crippen molar-refractivity contribution >= 4 is 37.8 Å². The SMILES string of the molecule is C.CS(=O)(=O)NCCC(CCCC(=O)ON1C(=O)CCC1=O)CNS(C)(=O)=O. The molecule has 11 nitrogen and oxygen atoms in total. The molecule has 0 aliphatic carbocycles. The fourth-order valence-corrected chi connectivity index (χ4v) is 3.43. The molecule has 164 valence electrons. The Morgan fingerprint density at radius 2 is 1.57 bits per heavy atom. The molecule has 0 saturated carbocycles. The van der Waals surface area contributed by atoms with E-state index in [4.69, 9.17) is 4.84 Å². The van der Waals surface area contributed by atoms with Crippen molar-refractivity contribution in [1.29, 1.82) is 0 Å². The molecular formula is C15H29N3O8S2. The quantitative estimate of drug-likeness (QED) is 0.383. The minimum atomic E-state index is -3.40. The Kier molecular flexibility index (Phi) is 10.8. The molecule has 28 heavy (non-hydrogen) atoms. The van der Waals surface area contributed by atoms with Crippen LogP contribution < -0.4 is 9.44 Å². The Bertz CT molecular complexity index is 748. The summed E-state index contributed by atoms with van der Waals surface area (Å²) in [5, 5.41) is 0.473. The predicted molar refractivity (Wildman–Crippen MR) is 102 cm³/mol. The molecule has 1 aliphatic rings. The summed E-state index contributed by atoms with van der Waals surface area (Å²) in [7, 11) is -6.76. The number of imide groups is 1. The molecule has 2 amide bonds. The number of rotatable bonds is 12. The van der Waals surface area contributed by atoms with E-state index in [0.717, 1.165) is 12.5 Å². The van der Waals surface area contributed by atoms with Gasteiger partial charge in [0.1, 0.15) is 0 Å². The van der Waals surface area contributed by atoms with Crippen LogP contribution in [0.3, 0.4) is 0 Å². The van der Waals surface area contributed by atoms with Crippen LogP contribution in [0.25, 0.3) is 0 Å². The van der Waals surface area contributed by atoms with Crippen LogP contribution in [-0.2, 0) is 39.3 Å². The number of hydrogen-bond acceptors (Lipinski definition) is 8. The fraction of sp³-hybridized carbons (Fsp3) is 0.800. The first-order chi connectivity index (χ1) is 12.4. The van der Waals surface area contributed by atoms with E-state index in [0.29, 0.717) is 24.3 Å². The van der Waals surface area contributed by atoms with Crippen LogP contribution in [0, 0.1) is 5.92 Å². The minimum absolute atomic E-state index is 0. The van der Waals surface area contributed by atoms with E-state index in [9.17, 15) is 31.2 Å². The van der Waals surface area contributed by atoms with Crippen LogP contribution in [0.1, 0.15) is 46.0 Å². The van der Waals surface area contributed by atoms with Crippen molar-refractivity contribution < 1.29 is 36.1 Å². The van der Waals surface area contributed by atoms with E-state index in [-0.39, 0.29) is 45.7 Å². The number of hydrogen-bond donors (Lipinski definition) is 2. The van der Waals surface area contributed by atoms with Crippen molar-refractivity contribution in [3.8, 4) is 0 Å². The number of carbonyl (C=O) groups is 3. The Morgan fingerprint density at radius 1 is 1.04 bits per heavy atom.